The summed E-state index contributed by atoms with van der Waals surface area (Å²) >= 11 is 1.36. The highest BCUT2D eigenvalue weighted by atomic mass is 32.1. The van der Waals surface area contributed by atoms with Crippen LogP contribution in [0, 0.1) is 11.6 Å². The normalized spacial score (nSPS) is 10.8. The van der Waals surface area contributed by atoms with E-state index in [1.807, 2.05) is 11.4 Å². The van der Waals surface area contributed by atoms with Gasteiger partial charge in [0.25, 0.3) is 0 Å². The zero-order valence-electron chi connectivity index (χ0n) is 16.4. The number of ether oxygens (including phenoxy) is 2. The number of nitrogens with one attached hydrogen (secondary N) is 1. The van der Waals surface area contributed by atoms with Crippen molar-refractivity contribution in [3.05, 3.63) is 65.5 Å². The summed E-state index contributed by atoms with van der Waals surface area (Å²) in [6, 6.07) is 12.1. The van der Waals surface area contributed by atoms with Crippen molar-refractivity contribution in [3.8, 4) is 23.0 Å². The number of carbonyl (C=O) groups excluding carboxylic acids is 1. The van der Waals surface area contributed by atoms with Crippen LogP contribution in [-0.4, -0.2) is 29.1 Å². The highest BCUT2D eigenvalue weighted by Gasteiger charge is 2.15. The lowest BCUT2D eigenvalue weighted by molar-refractivity contribution is -0.140. The summed E-state index contributed by atoms with van der Waals surface area (Å²) in [5.41, 5.74) is 2.09. The van der Waals surface area contributed by atoms with Crippen LogP contribution in [0.4, 0.5) is 14.5 Å². The molecule has 9 heteroatoms. The summed E-state index contributed by atoms with van der Waals surface area (Å²) in [5, 5.41) is 4.81. The Hall–Kier alpha value is -3.59. The maximum atomic E-state index is 14.1. The van der Waals surface area contributed by atoms with Gasteiger partial charge in [-0.25, -0.2) is 13.8 Å². The summed E-state index contributed by atoms with van der Waals surface area (Å²) in [5.74, 6) is -1.40. The van der Waals surface area contributed by atoms with Crippen LogP contribution in [-0.2, 0) is 9.53 Å². The molecule has 0 fully saturated rings. The van der Waals surface area contributed by atoms with Crippen molar-refractivity contribution < 1.29 is 23.0 Å². The number of esters is 1. The molecule has 0 bridgehead atoms. The second-order valence-electron chi connectivity index (χ2n) is 6.40. The Kier molecular flexibility index (Phi) is 6.03. The number of hydrogen-bond donors (Lipinski definition) is 1. The number of halogens is 2. The largest absolute Gasteiger partial charge is 0.465 e. The molecule has 1 N–H and O–H groups in total. The molecule has 158 valence electrons. The number of aromatic nitrogens is 2. The van der Waals surface area contributed by atoms with Crippen LogP contribution < -0.4 is 10.1 Å². The number of carbonyl (C=O) groups is 1. The van der Waals surface area contributed by atoms with Gasteiger partial charge in [0.2, 0.25) is 5.88 Å². The average Bonchev–Trinajstić information content (AvgIpc) is 3.24. The van der Waals surface area contributed by atoms with E-state index in [1.54, 1.807) is 31.2 Å². The van der Waals surface area contributed by atoms with Gasteiger partial charge in [0, 0.05) is 17.3 Å². The molecule has 2 aromatic carbocycles. The first-order valence-electron chi connectivity index (χ1n) is 9.41. The third-order valence-electron chi connectivity index (χ3n) is 4.26. The molecule has 4 aromatic rings. The number of hydrogen-bond acceptors (Lipinski definition) is 7. The molecule has 0 aliphatic heterocycles. The fraction of sp³-hybridized carbons (Fsp3) is 0.136. The van der Waals surface area contributed by atoms with Gasteiger partial charge in [-0.15, -0.1) is 11.3 Å². The van der Waals surface area contributed by atoms with Crippen LogP contribution in [0.25, 0.3) is 21.6 Å². The van der Waals surface area contributed by atoms with Gasteiger partial charge in [-0.3, -0.25) is 4.79 Å². The number of benzene rings is 2. The Bertz CT molecular complexity index is 1230. The topological polar surface area (TPSA) is 73.3 Å². The number of fused-ring (bicyclic) bond motifs is 1. The van der Waals surface area contributed by atoms with E-state index >= 15 is 0 Å². The van der Waals surface area contributed by atoms with Crippen molar-refractivity contribution in [1.29, 1.82) is 0 Å². The molecule has 0 spiro atoms. The smallest absolute Gasteiger partial charge is 0.325 e. The zero-order valence-corrected chi connectivity index (χ0v) is 17.2. The third kappa shape index (κ3) is 4.77. The van der Waals surface area contributed by atoms with Crippen molar-refractivity contribution in [2.24, 2.45) is 0 Å². The fourth-order valence-corrected chi connectivity index (χ4v) is 3.58. The lowest BCUT2D eigenvalue weighted by Gasteiger charge is -2.10. The van der Waals surface area contributed by atoms with Crippen molar-refractivity contribution >= 4 is 33.2 Å². The minimum atomic E-state index is -0.818. The van der Waals surface area contributed by atoms with Crippen LogP contribution in [0.15, 0.2) is 53.9 Å². The number of thiophene rings is 1. The van der Waals surface area contributed by atoms with Crippen LogP contribution in [0.2, 0.25) is 0 Å². The summed E-state index contributed by atoms with van der Waals surface area (Å²) in [7, 11) is 0. The molecule has 0 unspecified atom stereocenters. The summed E-state index contributed by atoms with van der Waals surface area (Å²) in [4.78, 5) is 20.5. The molecule has 6 nitrogen and oxygen atoms in total. The highest BCUT2D eigenvalue weighted by Crippen LogP contribution is 2.34. The molecule has 2 heterocycles. The highest BCUT2D eigenvalue weighted by molar-refractivity contribution is 7.17. The first-order valence-corrected chi connectivity index (χ1v) is 10.3. The van der Waals surface area contributed by atoms with Gasteiger partial charge < -0.3 is 14.8 Å². The molecule has 0 saturated heterocycles. The Balaban J connectivity index is 1.60. The van der Waals surface area contributed by atoms with E-state index in [9.17, 15) is 13.6 Å². The maximum Gasteiger partial charge on any atom is 0.325 e. The molecule has 0 aliphatic carbocycles. The minimum Gasteiger partial charge on any atom is -0.465 e. The van der Waals surface area contributed by atoms with Crippen molar-refractivity contribution in [2.75, 3.05) is 18.5 Å². The quantitative estimate of drug-likeness (QED) is 0.387. The zero-order chi connectivity index (χ0) is 21.8. The van der Waals surface area contributed by atoms with E-state index < -0.39 is 11.6 Å². The molecule has 0 radical (unpaired) electrons. The lowest BCUT2D eigenvalue weighted by Crippen LogP contribution is -2.16. The number of anilines is 1. The predicted octanol–water partition coefficient (Wildman–Crippen LogP) is 5.40. The van der Waals surface area contributed by atoms with Gasteiger partial charge in [-0.1, -0.05) is 0 Å². The van der Waals surface area contributed by atoms with Crippen molar-refractivity contribution in [2.45, 2.75) is 6.92 Å². The van der Waals surface area contributed by atoms with Crippen molar-refractivity contribution in [1.82, 2.24) is 9.97 Å². The molecule has 4 rings (SSSR count). The molecule has 0 amide bonds. The van der Waals surface area contributed by atoms with E-state index in [4.69, 9.17) is 9.47 Å². The molecule has 31 heavy (non-hydrogen) atoms. The number of nitrogens with zero attached hydrogens (tertiary/aromatic N) is 2. The second-order valence-corrected chi connectivity index (χ2v) is 7.32. The Morgan fingerprint density at radius 2 is 1.90 bits per heavy atom. The van der Waals surface area contributed by atoms with E-state index in [0.717, 1.165) is 17.8 Å². The van der Waals surface area contributed by atoms with E-state index in [1.165, 1.54) is 17.4 Å². The Morgan fingerprint density at radius 1 is 1.10 bits per heavy atom. The third-order valence-corrected chi connectivity index (χ3v) is 5.15. The Labute approximate surface area is 180 Å². The molecular formula is C22H17F2N3O3S. The molecule has 0 atom stereocenters. The van der Waals surface area contributed by atoms with E-state index in [0.29, 0.717) is 28.2 Å². The first-order chi connectivity index (χ1) is 15.0. The molecular weight excluding hydrogens is 424 g/mol. The van der Waals surface area contributed by atoms with Gasteiger partial charge in [0.15, 0.2) is 17.4 Å². The van der Waals surface area contributed by atoms with Crippen LogP contribution in [0.5, 0.6) is 11.6 Å². The molecule has 0 aliphatic rings. The fourth-order valence-electron chi connectivity index (χ4n) is 2.82. The first kappa shape index (κ1) is 20.7. The summed E-state index contributed by atoms with van der Waals surface area (Å²) in [6.45, 7) is 2.14. The molecule has 0 saturated carbocycles. The standard InChI is InChI=1S/C22H17F2N3O3S/c1-2-29-19(28)12-25-15-6-3-13(4-7-15)21-26-17-9-10-31-20(17)22(27-21)30-18-8-5-14(23)11-16(18)24/h3-11,25H,2,12H2,1H3. The van der Waals surface area contributed by atoms with Crippen LogP contribution in [0.3, 0.4) is 0 Å². The maximum absolute atomic E-state index is 14.1. The van der Waals surface area contributed by atoms with E-state index in [2.05, 4.69) is 15.3 Å². The summed E-state index contributed by atoms with van der Waals surface area (Å²) < 4.78 is 38.5. The minimum absolute atomic E-state index is 0.0613. The molecule has 2 aromatic heterocycles. The van der Waals surface area contributed by atoms with Crippen molar-refractivity contribution in [3.63, 3.8) is 0 Å². The van der Waals surface area contributed by atoms with Gasteiger partial charge >= 0.3 is 5.97 Å². The SMILES string of the molecule is CCOC(=O)CNc1ccc(-c2nc(Oc3ccc(F)cc3F)c3sccc3n2)cc1. The Morgan fingerprint density at radius 3 is 2.65 bits per heavy atom. The van der Waals surface area contributed by atoms with Crippen LogP contribution >= 0.6 is 11.3 Å². The average molecular weight is 441 g/mol. The van der Waals surface area contributed by atoms with Gasteiger partial charge in [0.05, 0.1) is 12.1 Å². The van der Waals surface area contributed by atoms with E-state index in [-0.39, 0.29) is 24.1 Å². The van der Waals surface area contributed by atoms with Gasteiger partial charge in [0.1, 0.15) is 17.1 Å². The van der Waals surface area contributed by atoms with Crippen LogP contribution in [0.1, 0.15) is 6.92 Å². The number of rotatable bonds is 7. The van der Waals surface area contributed by atoms with Gasteiger partial charge in [-0.2, -0.15) is 4.98 Å². The lowest BCUT2D eigenvalue weighted by atomic mass is 10.2. The predicted molar refractivity (Wildman–Crippen MR) is 114 cm³/mol. The summed E-state index contributed by atoms with van der Waals surface area (Å²) in [6.07, 6.45) is 0. The monoisotopic (exact) mass is 441 g/mol. The van der Waals surface area contributed by atoms with Gasteiger partial charge in [-0.05, 0) is 54.8 Å². The second kappa shape index (κ2) is 9.05.